The van der Waals surface area contributed by atoms with Crippen molar-refractivity contribution in [2.75, 3.05) is 13.2 Å². The summed E-state index contributed by atoms with van der Waals surface area (Å²) in [6, 6.07) is 0. The Bertz CT molecular complexity index is 184. The maximum Gasteiger partial charge on any atom is 0.0468 e. The van der Waals surface area contributed by atoms with Crippen molar-refractivity contribution >= 4 is 0 Å². The molecule has 0 spiro atoms. The van der Waals surface area contributed by atoms with E-state index in [2.05, 4.69) is 26.8 Å². The summed E-state index contributed by atoms with van der Waals surface area (Å²) >= 11 is 0. The molecule has 1 aliphatic rings. The second-order valence-electron chi connectivity index (χ2n) is 4.55. The lowest BCUT2D eigenvalue weighted by atomic mass is 9.80. The van der Waals surface area contributed by atoms with Crippen LogP contribution in [0.1, 0.15) is 46.5 Å². The van der Waals surface area contributed by atoms with Crippen LogP contribution < -0.4 is 0 Å². The molecule has 0 fully saturated rings. The predicted molar refractivity (Wildman–Crippen MR) is 61.4 cm³/mol. The van der Waals surface area contributed by atoms with Gasteiger partial charge < -0.3 is 4.74 Å². The molecule has 14 heavy (non-hydrogen) atoms. The molecule has 1 rings (SSSR count). The summed E-state index contributed by atoms with van der Waals surface area (Å²) in [7, 11) is 0. The molecule has 0 aromatic heterocycles. The number of hydrogen-bond donors (Lipinski definition) is 0. The van der Waals surface area contributed by atoms with Crippen LogP contribution in [0.2, 0.25) is 0 Å². The topological polar surface area (TPSA) is 9.23 Å². The van der Waals surface area contributed by atoms with E-state index in [1.807, 2.05) is 0 Å². The van der Waals surface area contributed by atoms with Gasteiger partial charge in [-0.25, -0.2) is 0 Å². The van der Waals surface area contributed by atoms with E-state index in [1.54, 1.807) is 5.57 Å². The minimum absolute atomic E-state index is 0.825. The van der Waals surface area contributed by atoms with Crippen LogP contribution in [0, 0.1) is 11.8 Å². The van der Waals surface area contributed by atoms with Gasteiger partial charge >= 0.3 is 0 Å². The Kier molecular flexibility index (Phi) is 5.24. The molecule has 2 atom stereocenters. The molecule has 0 aromatic rings. The average Bonchev–Trinajstić information content (AvgIpc) is 2.19. The molecule has 1 heteroatoms. The van der Waals surface area contributed by atoms with E-state index in [0.29, 0.717) is 0 Å². The van der Waals surface area contributed by atoms with Gasteiger partial charge in [-0.1, -0.05) is 18.6 Å². The summed E-state index contributed by atoms with van der Waals surface area (Å²) in [5, 5.41) is 0. The zero-order valence-electron chi connectivity index (χ0n) is 9.88. The van der Waals surface area contributed by atoms with Crippen molar-refractivity contribution in [3.05, 3.63) is 11.6 Å². The first-order chi connectivity index (χ1) is 6.74. The van der Waals surface area contributed by atoms with Crippen LogP contribution in [0.4, 0.5) is 0 Å². The van der Waals surface area contributed by atoms with Gasteiger partial charge in [-0.3, -0.25) is 0 Å². The molecule has 0 heterocycles. The first-order valence-corrected chi connectivity index (χ1v) is 5.97. The van der Waals surface area contributed by atoms with Gasteiger partial charge in [0.1, 0.15) is 0 Å². The van der Waals surface area contributed by atoms with E-state index in [1.165, 1.54) is 25.7 Å². The van der Waals surface area contributed by atoms with Gasteiger partial charge in [-0.2, -0.15) is 0 Å². The summed E-state index contributed by atoms with van der Waals surface area (Å²) in [6.45, 7) is 8.49. The zero-order valence-corrected chi connectivity index (χ0v) is 9.88. The van der Waals surface area contributed by atoms with Crippen LogP contribution >= 0.6 is 0 Å². The van der Waals surface area contributed by atoms with Gasteiger partial charge in [0.15, 0.2) is 0 Å². The Morgan fingerprint density at radius 2 is 2.36 bits per heavy atom. The van der Waals surface area contributed by atoms with Crippen molar-refractivity contribution in [3.63, 3.8) is 0 Å². The molecule has 0 saturated heterocycles. The van der Waals surface area contributed by atoms with E-state index in [9.17, 15) is 0 Å². The highest BCUT2D eigenvalue weighted by atomic mass is 16.5. The highest BCUT2D eigenvalue weighted by Gasteiger charge is 2.18. The fourth-order valence-electron chi connectivity index (χ4n) is 2.15. The Morgan fingerprint density at radius 3 is 2.93 bits per heavy atom. The van der Waals surface area contributed by atoms with Gasteiger partial charge in [0, 0.05) is 13.2 Å². The molecule has 0 N–H and O–H groups in total. The molecule has 0 amide bonds. The maximum atomic E-state index is 5.40. The molecular formula is C13H24O. The third kappa shape index (κ3) is 3.83. The number of rotatable bonds is 5. The van der Waals surface area contributed by atoms with Crippen LogP contribution in [0.25, 0.3) is 0 Å². The molecule has 2 unspecified atom stereocenters. The second-order valence-corrected chi connectivity index (χ2v) is 4.55. The van der Waals surface area contributed by atoms with E-state index in [0.717, 1.165) is 25.0 Å². The number of allylic oxidation sites excluding steroid dienone is 2. The van der Waals surface area contributed by atoms with E-state index in [-0.39, 0.29) is 0 Å². The minimum Gasteiger partial charge on any atom is -0.382 e. The maximum absolute atomic E-state index is 5.40. The van der Waals surface area contributed by atoms with Gasteiger partial charge in [0.2, 0.25) is 0 Å². The van der Waals surface area contributed by atoms with Crippen molar-refractivity contribution in [1.29, 1.82) is 0 Å². The molecule has 0 aliphatic heterocycles. The summed E-state index contributed by atoms with van der Waals surface area (Å²) < 4.78 is 5.40. The van der Waals surface area contributed by atoms with Gasteiger partial charge in [0.25, 0.3) is 0 Å². The zero-order chi connectivity index (χ0) is 10.4. The van der Waals surface area contributed by atoms with E-state index >= 15 is 0 Å². The van der Waals surface area contributed by atoms with E-state index < -0.39 is 0 Å². The summed E-state index contributed by atoms with van der Waals surface area (Å²) in [5.74, 6) is 1.73. The lowest BCUT2D eigenvalue weighted by Crippen LogP contribution is -2.16. The first kappa shape index (κ1) is 11.8. The third-order valence-corrected chi connectivity index (χ3v) is 3.40. The smallest absolute Gasteiger partial charge is 0.0468 e. The van der Waals surface area contributed by atoms with Crippen LogP contribution in [0.3, 0.4) is 0 Å². The van der Waals surface area contributed by atoms with Crippen LogP contribution in [0.15, 0.2) is 11.6 Å². The minimum atomic E-state index is 0.825. The molecule has 1 nitrogen and oxygen atoms in total. The Balaban J connectivity index is 2.21. The highest BCUT2D eigenvalue weighted by Crippen LogP contribution is 2.30. The van der Waals surface area contributed by atoms with Crippen molar-refractivity contribution in [1.82, 2.24) is 0 Å². The molecule has 0 radical (unpaired) electrons. The second kappa shape index (κ2) is 6.23. The van der Waals surface area contributed by atoms with Crippen molar-refractivity contribution in [3.8, 4) is 0 Å². The number of hydrogen-bond acceptors (Lipinski definition) is 1. The molecule has 1 aliphatic carbocycles. The summed E-state index contributed by atoms with van der Waals surface area (Å²) in [4.78, 5) is 0. The number of ether oxygens (including phenoxy) is 1. The van der Waals surface area contributed by atoms with Crippen molar-refractivity contribution in [2.24, 2.45) is 11.8 Å². The summed E-state index contributed by atoms with van der Waals surface area (Å²) in [6.07, 6.45) is 7.63. The molecule has 82 valence electrons. The van der Waals surface area contributed by atoms with Gasteiger partial charge in [0.05, 0.1) is 0 Å². The van der Waals surface area contributed by atoms with Crippen LogP contribution in [0.5, 0.6) is 0 Å². The monoisotopic (exact) mass is 196 g/mol. The predicted octanol–water partition coefficient (Wildman–Crippen LogP) is 3.80. The molecule has 0 bridgehead atoms. The average molecular weight is 196 g/mol. The van der Waals surface area contributed by atoms with Crippen LogP contribution in [-0.2, 0) is 4.74 Å². The summed E-state index contributed by atoms with van der Waals surface area (Å²) in [5.41, 5.74) is 1.58. The van der Waals surface area contributed by atoms with Crippen LogP contribution in [-0.4, -0.2) is 13.2 Å². The Hall–Kier alpha value is -0.300. The lowest BCUT2D eigenvalue weighted by Gasteiger charge is -2.26. The van der Waals surface area contributed by atoms with Gasteiger partial charge in [-0.15, -0.1) is 0 Å². The van der Waals surface area contributed by atoms with Crippen molar-refractivity contribution in [2.45, 2.75) is 46.5 Å². The Morgan fingerprint density at radius 1 is 1.57 bits per heavy atom. The van der Waals surface area contributed by atoms with Crippen molar-refractivity contribution < 1.29 is 4.74 Å². The standard InChI is InChI=1S/C13H24O/c1-4-14-10-9-12(3)13-7-5-11(2)6-8-13/h5,12-13H,4,6-10H2,1-3H3. The Labute approximate surface area is 88.5 Å². The molecule has 0 aromatic carbocycles. The highest BCUT2D eigenvalue weighted by molar-refractivity contribution is 5.03. The van der Waals surface area contributed by atoms with E-state index in [4.69, 9.17) is 4.74 Å². The SMILES string of the molecule is CCOCCC(C)C1CC=C(C)CC1. The quantitative estimate of drug-likeness (QED) is 0.480. The third-order valence-electron chi connectivity index (χ3n) is 3.40. The largest absolute Gasteiger partial charge is 0.382 e. The lowest BCUT2D eigenvalue weighted by molar-refractivity contribution is 0.122. The molecule has 0 saturated carbocycles. The van der Waals surface area contributed by atoms with Gasteiger partial charge in [-0.05, 0) is 51.4 Å². The first-order valence-electron chi connectivity index (χ1n) is 5.97. The fraction of sp³-hybridized carbons (Fsp3) is 0.846. The fourth-order valence-corrected chi connectivity index (χ4v) is 2.15. The molecular weight excluding hydrogens is 172 g/mol. The normalized spacial score (nSPS) is 24.5.